The summed E-state index contributed by atoms with van der Waals surface area (Å²) in [6.07, 6.45) is 1.69. The van der Waals surface area contributed by atoms with Gasteiger partial charge in [0.1, 0.15) is 5.15 Å². The quantitative estimate of drug-likeness (QED) is 0.680. The minimum absolute atomic E-state index is 0.373. The molecule has 0 atom stereocenters. The van der Waals surface area contributed by atoms with E-state index in [0.717, 1.165) is 48.3 Å². The number of hydrogen-bond acceptors (Lipinski definition) is 4. The minimum atomic E-state index is -0.516. The first-order valence-electron chi connectivity index (χ1n) is 9.15. The molecule has 0 radical (unpaired) electrons. The summed E-state index contributed by atoms with van der Waals surface area (Å²) in [7, 11) is 0. The van der Waals surface area contributed by atoms with E-state index < -0.39 is 6.03 Å². The number of anilines is 2. The van der Waals surface area contributed by atoms with Crippen molar-refractivity contribution < 1.29 is 9.53 Å². The second-order valence-electron chi connectivity index (χ2n) is 6.70. The van der Waals surface area contributed by atoms with Crippen LogP contribution < -0.4 is 15.5 Å². The molecule has 1 aliphatic rings. The summed E-state index contributed by atoms with van der Waals surface area (Å²) < 4.78 is 5.40. The van der Waals surface area contributed by atoms with Crippen molar-refractivity contribution in [3.63, 3.8) is 0 Å². The van der Waals surface area contributed by atoms with Gasteiger partial charge in [-0.05, 0) is 29.8 Å². The largest absolute Gasteiger partial charge is 0.378 e. The number of nitrogens with zero attached hydrogens (tertiary/aromatic N) is 3. The predicted octanol–water partition coefficient (Wildman–Crippen LogP) is 3.81. The lowest BCUT2D eigenvalue weighted by Gasteiger charge is -2.29. The van der Waals surface area contributed by atoms with E-state index >= 15 is 0 Å². The molecule has 0 saturated carbocycles. The Balaban J connectivity index is 1.61. The molecular weight excluding hydrogens is 376 g/mol. The molecule has 1 aromatic heterocycles. The maximum Gasteiger partial charge on any atom is 0.319 e. The highest BCUT2D eigenvalue weighted by Crippen LogP contribution is 2.29. The van der Waals surface area contributed by atoms with Crippen LogP contribution in [-0.4, -0.2) is 37.3 Å². The third-order valence-corrected chi connectivity index (χ3v) is 5.12. The van der Waals surface area contributed by atoms with Crippen molar-refractivity contribution >= 4 is 39.8 Å². The van der Waals surface area contributed by atoms with Gasteiger partial charge in [-0.3, -0.25) is 4.90 Å². The van der Waals surface area contributed by atoms with Gasteiger partial charge in [-0.2, -0.15) is 0 Å². The van der Waals surface area contributed by atoms with Crippen LogP contribution >= 0.6 is 11.6 Å². The van der Waals surface area contributed by atoms with Crippen molar-refractivity contribution in [2.45, 2.75) is 6.54 Å². The third kappa shape index (κ3) is 3.88. The maximum atomic E-state index is 12.2. The fourth-order valence-corrected chi connectivity index (χ4v) is 3.62. The topological polar surface area (TPSA) is 71.7 Å². The number of ether oxygens (including phenoxy) is 1. The summed E-state index contributed by atoms with van der Waals surface area (Å²) in [5, 5.41) is 2.11. The van der Waals surface area contributed by atoms with Crippen LogP contribution in [0, 0.1) is 0 Å². The number of carbonyl (C=O) groups excluding carboxylic acids is 1. The number of primary amides is 1. The molecule has 2 heterocycles. The maximum absolute atomic E-state index is 12.2. The lowest BCUT2D eigenvalue weighted by molar-refractivity contribution is 0.122. The molecule has 1 fully saturated rings. The predicted molar refractivity (Wildman–Crippen MR) is 112 cm³/mol. The molecule has 144 valence electrons. The Morgan fingerprint density at radius 2 is 1.93 bits per heavy atom. The molecular formula is C21H21ClN4O2. The van der Waals surface area contributed by atoms with Crippen molar-refractivity contribution in [3.05, 3.63) is 65.4 Å². The number of morpholine rings is 1. The highest BCUT2D eigenvalue weighted by atomic mass is 35.5. The van der Waals surface area contributed by atoms with Gasteiger partial charge in [-0.15, -0.1) is 0 Å². The molecule has 1 saturated heterocycles. The number of hydrogen-bond donors (Lipinski definition) is 1. The molecule has 4 rings (SSSR count). The van der Waals surface area contributed by atoms with Crippen LogP contribution in [-0.2, 0) is 11.3 Å². The van der Waals surface area contributed by atoms with Crippen LogP contribution in [0.3, 0.4) is 0 Å². The summed E-state index contributed by atoms with van der Waals surface area (Å²) in [6.45, 7) is 3.64. The zero-order valence-electron chi connectivity index (χ0n) is 15.3. The number of rotatable bonds is 4. The molecule has 6 nitrogen and oxygen atoms in total. The summed E-state index contributed by atoms with van der Waals surface area (Å²) >= 11 is 6.07. The molecule has 3 aromatic rings. The standard InChI is InChI=1S/C21H21ClN4O2/c22-20-12-18-16(13-24-20)2-1-3-19(18)26(21(23)27)14-15-4-6-17(7-5-15)25-8-10-28-11-9-25/h1-7,12-13H,8-11,14H2,(H2,23,27). The van der Waals surface area contributed by atoms with Gasteiger partial charge in [0.25, 0.3) is 0 Å². The van der Waals surface area contributed by atoms with Crippen molar-refractivity contribution in [3.8, 4) is 0 Å². The van der Waals surface area contributed by atoms with Crippen LogP contribution in [0.2, 0.25) is 5.15 Å². The van der Waals surface area contributed by atoms with Gasteiger partial charge >= 0.3 is 6.03 Å². The van der Waals surface area contributed by atoms with Crippen molar-refractivity contribution in [2.75, 3.05) is 36.1 Å². The molecule has 0 aliphatic carbocycles. The number of halogens is 1. The zero-order chi connectivity index (χ0) is 19.5. The Morgan fingerprint density at radius 3 is 2.64 bits per heavy atom. The van der Waals surface area contributed by atoms with Crippen LogP contribution in [0.5, 0.6) is 0 Å². The first-order chi connectivity index (χ1) is 13.6. The highest BCUT2D eigenvalue weighted by molar-refractivity contribution is 6.30. The van der Waals surface area contributed by atoms with Crippen LogP contribution in [0.4, 0.5) is 16.2 Å². The normalized spacial score (nSPS) is 14.2. The number of carbonyl (C=O) groups is 1. The molecule has 7 heteroatoms. The average molecular weight is 397 g/mol. The molecule has 2 N–H and O–H groups in total. The Hall–Kier alpha value is -2.83. The van der Waals surface area contributed by atoms with E-state index in [1.807, 2.05) is 30.3 Å². The summed E-state index contributed by atoms with van der Waals surface area (Å²) in [6, 6.07) is 15.1. The fourth-order valence-electron chi connectivity index (χ4n) is 3.46. The highest BCUT2D eigenvalue weighted by Gasteiger charge is 2.17. The van der Waals surface area contributed by atoms with Crippen LogP contribution in [0.25, 0.3) is 10.8 Å². The van der Waals surface area contributed by atoms with Gasteiger partial charge in [0.05, 0.1) is 25.4 Å². The lowest BCUT2D eigenvalue weighted by Crippen LogP contribution is -2.36. The molecule has 1 aliphatic heterocycles. The van der Waals surface area contributed by atoms with Crippen molar-refractivity contribution in [1.29, 1.82) is 0 Å². The van der Waals surface area contributed by atoms with Gasteiger partial charge in [-0.1, -0.05) is 35.9 Å². The number of benzene rings is 2. The average Bonchev–Trinajstić information content (AvgIpc) is 2.72. The van der Waals surface area contributed by atoms with Crippen molar-refractivity contribution in [1.82, 2.24) is 4.98 Å². The first kappa shape index (κ1) is 18.5. The Kier molecular flexibility index (Phi) is 5.32. The minimum Gasteiger partial charge on any atom is -0.378 e. The molecule has 2 aromatic carbocycles. The number of pyridine rings is 1. The number of amides is 2. The van der Waals surface area contributed by atoms with E-state index in [2.05, 4.69) is 22.0 Å². The number of nitrogens with two attached hydrogens (primary N) is 1. The molecule has 28 heavy (non-hydrogen) atoms. The summed E-state index contributed by atoms with van der Waals surface area (Å²) in [4.78, 5) is 20.2. The lowest BCUT2D eigenvalue weighted by atomic mass is 10.1. The van der Waals surface area contributed by atoms with Gasteiger partial charge in [0.2, 0.25) is 0 Å². The Labute approximate surface area is 168 Å². The molecule has 2 amide bonds. The van der Waals surface area contributed by atoms with Crippen LogP contribution in [0.1, 0.15) is 5.56 Å². The first-order valence-corrected chi connectivity index (χ1v) is 9.52. The van der Waals surface area contributed by atoms with E-state index in [-0.39, 0.29) is 0 Å². The molecule has 0 spiro atoms. The second kappa shape index (κ2) is 8.04. The third-order valence-electron chi connectivity index (χ3n) is 4.92. The number of fused-ring (bicyclic) bond motifs is 1. The van der Waals surface area contributed by atoms with E-state index in [1.54, 1.807) is 17.2 Å². The number of urea groups is 1. The molecule has 0 bridgehead atoms. The van der Waals surface area contributed by atoms with Gasteiger partial charge in [0.15, 0.2) is 0 Å². The van der Waals surface area contributed by atoms with E-state index in [1.165, 1.54) is 0 Å². The number of aromatic nitrogens is 1. The monoisotopic (exact) mass is 396 g/mol. The van der Waals surface area contributed by atoms with Gasteiger partial charge in [-0.25, -0.2) is 9.78 Å². The van der Waals surface area contributed by atoms with Gasteiger partial charge < -0.3 is 15.4 Å². The Morgan fingerprint density at radius 1 is 1.18 bits per heavy atom. The zero-order valence-corrected chi connectivity index (χ0v) is 16.1. The molecule has 0 unspecified atom stereocenters. The summed E-state index contributed by atoms with van der Waals surface area (Å²) in [5.41, 5.74) is 8.57. The smallest absolute Gasteiger partial charge is 0.319 e. The van der Waals surface area contributed by atoms with E-state index in [0.29, 0.717) is 17.4 Å². The van der Waals surface area contributed by atoms with Gasteiger partial charge in [0, 0.05) is 35.7 Å². The van der Waals surface area contributed by atoms with E-state index in [9.17, 15) is 4.79 Å². The van der Waals surface area contributed by atoms with Crippen molar-refractivity contribution in [2.24, 2.45) is 5.73 Å². The van der Waals surface area contributed by atoms with Crippen LogP contribution in [0.15, 0.2) is 54.7 Å². The van der Waals surface area contributed by atoms with E-state index in [4.69, 9.17) is 22.1 Å². The second-order valence-corrected chi connectivity index (χ2v) is 7.08. The fraction of sp³-hybridized carbons (Fsp3) is 0.238. The summed E-state index contributed by atoms with van der Waals surface area (Å²) in [5.74, 6) is 0. The SMILES string of the molecule is NC(=O)N(Cc1ccc(N2CCOCC2)cc1)c1cccc2cnc(Cl)cc12. The Bertz CT molecular complexity index is 987.